The summed E-state index contributed by atoms with van der Waals surface area (Å²) in [6.07, 6.45) is 0.768. The molecule has 1 rings (SSSR count). The van der Waals surface area contributed by atoms with E-state index in [1.165, 1.54) is 0 Å². The lowest BCUT2D eigenvalue weighted by Gasteiger charge is -2.25. The number of carbonyl (C=O) groups is 1. The highest BCUT2D eigenvalue weighted by Gasteiger charge is 2.31. The Labute approximate surface area is 113 Å². The topological polar surface area (TPSA) is 55.1 Å². The van der Waals surface area contributed by atoms with E-state index in [0.717, 1.165) is 12.1 Å². The maximum atomic E-state index is 13.5. The fourth-order valence-electron chi connectivity index (χ4n) is 1.47. The van der Waals surface area contributed by atoms with Crippen molar-refractivity contribution in [1.82, 2.24) is 0 Å². The first-order valence-electron chi connectivity index (χ1n) is 5.59. The third-order valence-corrected chi connectivity index (χ3v) is 3.42. The Bertz CT molecular complexity index is 438. The fourth-order valence-corrected chi connectivity index (χ4v) is 1.87. The lowest BCUT2D eigenvalue weighted by atomic mass is 9.93. The Kier molecular flexibility index (Phi) is 4.81. The van der Waals surface area contributed by atoms with E-state index in [4.69, 9.17) is 5.73 Å². The van der Waals surface area contributed by atoms with Crippen LogP contribution in [0.1, 0.15) is 26.7 Å². The molecule has 0 saturated heterocycles. The average molecular weight is 321 g/mol. The zero-order valence-electron chi connectivity index (χ0n) is 10.2. The highest BCUT2D eigenvalue weighted by Crippen LogP contribution is 2.25. The van der Waals surface area contributed by atoms with Gasteiger partial charge < -0.3 is 11.1 Å². The zero-order valence-corrected chi connectivity index (χ0v) is 11.8. The van der Waals surface area contributed by atoms with Gasteiger partial charge in [-0.05, 0) is 25.0 Å². The first-order valence-corrected chi connectivity index (χ1v) is 6.38. The molecule has 3 nitrogen and oxygen atoms in total. The van der Waals surface area contributed by atoms with Crippen LogP contribution in [0.2, 0.25) is 0 Å². The summed E-state index contributed by atoms with van der Waals surface area (Å²) < 4.78 is 27.3. The van der Waals surface area contributed by atoms with Gasteiger partial charge in [0.25, 0.3) is 0 Å². The van der Waals surface area contributed by atoms with E-state index < -0.39 is 28.8 Å². The number of hydrogen-bond donors (Lipinski definition) is 2. The van der Waals surface area contributed by atoms with Crippen LogP contribution in [0.5, 0.6) is 0 Å². The Morgan fingerprint density at radius 1 is 1.33 bits per heavy atom. The van der Waals surface area contributed by atoms with Gasteiger partial charge in [0, 0.05) is 4.47 Å². The van der Waals surface area contributed by atoms with Gasteiger partial charge in [-0.25, -0.2) is 8.78 Å². The molecule has 0 aliphatic rings. The Hall–Kier alpha value is -1.01. The number of nitrogens with two attached hydrogens (primary N) is 1. The number of anilines is 1. The fraction of sp³-hybridized carbons (Fsp3) is 0.417. The number of halogens is 3. The molecule has 1 aromatic rings. The van der Waals surface area contributed by atoms with Crippen molar-refractivity contribution in [3.63, 3.8) is 0 Å². The standard InChI is InChI=1S/C12H15BrF2N2O/c1-3-12(16,4-2)11(18)17-10-8(14)5-7(13)6-9(10)15/h5-6H,3-4,16H2,1-2H3,(H,17,18). The summed E-state index contributed by atoms with van der Waals surface area (Å²) in [6.45, 7) is 3.49. The lowest BCUT2D eigenvalue weighted by Crippen LogP contribution is -2.50. The van der Waals surface area contributed by atoms with Gasteiger partial charge >= 0.3 is 0 Å². The van der Waals surface area contributed by atoms with Crippen LogP contribution in [0, 0.1) is 11.6 Å². The monoisotopic (exact) mass is 320 g/mol. The highest BCUT2D eigenvalue weighted by atomic mass is 79.9. The highest BCUT2D eigenvalue weighted by molar-refractivity contribution is 9.10. The largest absolute Gasteiger partial charge is 0.320 e. The number of carbonyl (C=O) groups excluding carboxylic acids is 1. The van der Waals surface area contributed by atoms with Gasteiger partial charge in [-0.3, -0.25) is 4.79 Å². The summed E-state index contributed by atoms with van der Waals surface area (Å²) in [6, 6.07) is 2.16. The molecule has 0 bridgehead atoms. The summed E-state index contributed by atoms with van der Waals surface area (Å²) in [5.74, 6) is -2.28. The molecular weight excluding hydrogens is 306 g/mol. The molecule has 0 aromatic heterocycles. The van der Waals surface area contributed by atoms with Gasteiger partial charge in [-0.1, -0.05) is 29.8 Å². The third kappa shape index (κ3) is 3.05. The Morgan fingerprint density at radius 2 is 1.78 bits per heavy atom. The molecule has 0 fully saturated rings. The molecule has 0 spiro atoms. The minimum atomic E-state index is -1.12. The number of rotatable bonds is 4. The molecule has 0 atom stereocenters. The van der Waals surface area contributed by atoms with E-state index in [2.05, 4.69) is 21.2 Å². The second kappa shape index (κ2) is 5.75. The van der Waals surface area contributed by atoms with Crippen LogP contribution in [0.25, 0.3) is 0 Å². The second-order valence-electron chi connectivity index (χ2n) is 4.06. The maximum Gasteiger partial charge on any atom is 0.244 e. The van der Waals surface area contributed by atoms with Crippen molar-refractivity contribution in [1.29, 1.82) is 0 Å². The Morgan fingerprint density at radius 3 is 2.17 bits per heavy atom. The predicted octanol–water partition coefficient (Wildman–Crippen LogP) is 3.18. The van der Waals surface area contributed by atoms with E-state index in [1.54, 1.807) is 13.8 Å². The predicted molar refractivity (Wildman–Crippen MR) is 70.2 cm³/mol. The quantitative estimate of drug-likeness (QED) is 0.895. The van der Waals surface area contributed by atoms with Crippen molar-refractivity contribution in [3.05, 3.63) is 28.2 Å². The van der Waals surface area contributed by atoms with Crippen LogP contribution in [0.4, 0.5) is 14.5 Å². The number of amides is 1. The van der Waals surface area contributed by atoms with Crippen LogP contribution < -0.4 is 11.1 Å². The second-order valence-corrected chi connectivity index (χ2v) is 4.98. The van der Waals surface area contributed by atoms with E-state index in [0.29, 0.717) is 12.8 Å². The van der Waals surface area contributed by atoms with Crippen molar-refractivity contribution in [2.24, 2.45) is 5.73 Å². The van der Waals surface area contributed by atoms with Crippen molar-refractivity contribution in [2.75, 3.05) is 5.32 Å². The molecule has 3 N–H and O–H groups in total. The van der Waals surface area contributed by atoms with Gasteiger partial charge in [0.05, 0.1) is 5.54 Å². The molecule has 0 heterocycles. The van der Waals surface area contributed by atoms with Gasteiger partial charge in [-0.15, -0.1) is 0 Å². The first kappa shape index (κ1) is 15.0. The van der Waals surface area contributed by atoms with E-state index in [1.807, 2.05) is 0 Å². The number of benzene rings is 1. The number of hydrogen-bond acceptors (Lipinski definition) is 2. The zero-order chi connectivity index (χ0) is 13.9. The molecule has 1 amide bonds. The molecule has 1 aromatic carbocycles. The summed E-state index contributed by atoms with van der Waals surface area (Å²) >= 11 is 2.96. The van der Waals surface area contributed by atoms with E-state index in [9.17, 15) is 13.6 Å². The minimum absolute atomic E-state index is 0.264. The summed E-state index contributed by atoms with van der Waals surface area (Å²) in [5.41, 5.74) is 4.26. The SMILES string of the molecule is CCC(N)(CC)C(=O)Nc1c(F)cc(Br)cc1F. The van der Waals surface area contributed by atoms with Gasteiger partial charge in [-0.2, -0.15) is 0 Å². The van der Waals surface area contributed by atoms with Gasteiger partial charge in [0.2, 0.25) is 5.91 Å². The maximum absolute atomic E-state index is 13.5. The van der Waals surface area contributed by atoms with Crippen LogP contribution >= 0.6 is 15.9 Å². The van der Waals surface area contributed by atoms with Crippen LogP contribution in [0.15, 0.2) is 16.6 Å². The normalized spacial score (nSPS) is 11.4. The smallest absolute Gasteiger partial charge is 0.244 e. The van der Waals surface area contributed by atoms with Crippen LogP contribution in [0.3, 0.4) is 0 Å². The minimum Gasteiger partial charge on any atom is -0.320 e. The van der Waals surface area contributed by atoms with Crippen LogP contribution in [-0.2, 0) is 4.79 Å². The lowest BCUT2D eigenvalue weighted by molar-refractivity contribution is -0.121. The Balaban J connectivity index is 3.02. The van der Waals surface area contributed by atoms with Crippen molar-refractivity contribution < 1.29 is 13.6 Å². The van der Waals surface area contributed by atoms with Gasteiger partial charge in [0.1, 0.15) is 5.69 Å². The summed E-state index contributed by atoms with van der Waals surface area (Å²) in [7, 11) is 0. The molecule has 100 valence electrons. The molecule has 0 radical (unpaired) electrons. The summed E-state index contributed by atoms with van der Waals surface area (Å²) in [4.78, 5) is 11.9. The molecule has 0 saturated carbocycles. The third-order valence-electron chi connectivity index (χ3n) is 2.96. The summed E-state index contributed by atoms with van der Waals surface area (Å²) in [5, 5.41) is 2.21. The first-order chi connectivity index (χ1) is 8.34. The van der Waals surface area contributed by atoms with Crippen LogP contribution in [-0.4, -0.2) is 11.4 Å². The molecular formula is C12H15BrF2N2O. The van der Waals surface area contributed by atoms with Crippen molar-refractivity contribution >= 4 is 27.5 Å². The molecule has 18 heavy (non-hydrogen) atoms. The van der Waals surface area contributed by atoms with E-state index in [-0.39, 0.29) is 4.47 Å². The molecule has 0 aliphatic heterocycles. The van der Waals surface area contributed by atoms with Crippen molar-refractivity contribution in [2.45, 2.75) is 32.2 Å². The number of nitrogens with one attached hydrogen (secondary N) is 1. The molecule has 0 unspecified atom stereocenters. The van der Waals surface area contributed by atoms with Crippen molar-refractivity contribution in [3.8, 4) is 0 Å². The molecule has 6 heteroatoms. The van der Waals surface area contributed by atoms with E-state index >= 15 is 0 Å². The average Bonchev–Trinajstić information content (AvgIpc) is 2.32. The van der Waals surface area contributed by atoms with Gasteiger partial charge in [0.15, 0.2) is 11.6 Å². The molecule has 0 aliphatic carbocycles.